The van der Waals surface area contributed by atoms with E-state index >= 15 is 0 Å². The highest BCUT2D eigenvalue weighted by Crippen LogP contribution is 2.27. The van der Waals surface area contributed by atoms with Crippen LogP contribution in [-0.4, -0.2) is 30.1 Å². The Hall–Kier alpha value is -1.37. The van der Waals surface area contributed by atoms with E-state index in [0.717, 1.165) is 18.2 Å². The van der Waals surface area contributed by atoms with E-state index < -0.39 is 0 Å². The van der Waals surface area contributed by atoms with E-state index in [-0.39, 0.29) is 0 Å². The van der Waals surface area contributed by atoms with Crippen LogP contribution in [0.1, 0.15) is 36.8 Å². The van der Waals surface area contributed by atoms with Crippen molar-refractivity contribution in [3.05, 3.63) is 35.4 Å². The number of hydrogen-bond acceptors (Lipinski definition) is 3. The first-order valence-corrected chi connectivity index (χ1v) is 7.33. The van der Waals surface area contributed by atoms with Crippen LogP contribution in [0.3, 0.4) is 0 Å². The molecule has 3 rings (SSSR count). The van der Waals surface area contributed by atoms with Crippen LogP contribution in [0.25, 0.3) is 0 Å². The number of piperidine rings is 1. The predicted molar refractivity (Wildman–Crippen MR) is 75.6 cm³/mol. The van der Waals surface area contributed by atoms with Crippen LogP contribution in [0.5, 0.6) is 0 Å². The van der Waals surface area contributed by atoms with Gasteiger partial charge in [0.25, 0.3) is 0 Å². The van der Waals surface area contributed by atoms with Crippen molar-refractivity contribution in [2.24, 2.45) is 0 Å². The number of nitriles is 1. The highest BCUT2D eigenvalue weighted by molar-refractivity contribution is 5.31. The van der Waals surface area contributed by atoms with Gasteiger partial charge in [-0.3, -0.25) is 4.90 Å². The summed E-state index contributed by atoms with van der Waals surface area (Å²) in [5.74, 6) is 0. The third-order valence-electron chi connectivity index (χ3n) is 4.51. The summed E-state index contributed by atoms with van der Waals surface area (Å²) >= 11 is 0. The molecule has 0 saturated carbocycles. The summed E-state index contributed by atoms with van der Waals surface area (Å²) in [4.78, 5) is 2.65. The summed E-state index contributed by atoms with van der Waals surface area (Å²) in [6.45, 7) is 3.47. The van der Waals surface area contributed by atoms with Gasteiger partial charge in [0, 0.05) is 25.2 Å². The zero-order chi connectivity index (χ0) is 13.1. The van der Waals surface area contributed by atoms with Crippen LogP contribution >= 0.6 is 0 Å². The standard InChI is InChI=1S/C16H21N3/c17-11-13-4-6-14(7-5-13)12-18-15-8-10-19-9-2-1-3-16(15)19/h4-7,15-16,18H,1-3,8-10,12H2/t15-,16-/m0/s1. The predicted octanol–water partition coefficient (Wildman–Crippen LogP) is 2.27. The number of nitrogens with one attached hydrogen (secondary N) is 1. The second-order valence-electron chi connectivity index (χ2n) is 5.68. The van der Waals surface area contributed by atoms with Crippen molar-refractivity contribution in [1.29, 1.82) is 5.26 Å². The third-order valence-corrected chi connectivity index (χ3v) is 4.51. The third kappa shape index (κ3) is 2.80. The van der Waals surface area contributed by atoms with E-state index in [0.29, 0.717) is 6.04 Å². The molecule has 2 heterocycles. The Kier molecular flexibility index (Phi) is 3.82. The molecule has 3 nitrogen and oxygen atoms in total. The monoisotopic (exact) mass is 255 g/mol. The summed E-state index contributed by atoms with van der Waals surface area (Å²) in [6.07, 6.45) is 5.39. The molecular weight excluding hydrogens is 234 g/mol. The van der Waals surface area contributed by atoms with Gasteiger partial charge in [-0.05, 0) is 43.5 Å². The van der Waals surface area contributed by atoms with E-state index in [2.05, 4.69) is 28.4 Å². The highest BCUT2D eigenvalue weighted by atomic mass is 15.2. The molecule has 0 spiro atoms. The van der Waals surface area contributed by atoms with Crippen LogP contribution in [-0.2, 0) is 6.54 Å². The molecule has 0 unspecified atom stereocenters. The zero-order valence-electron chi connectivity index (χ0n) is 11.3. The van der Waals surface area contributed by atoms with Crippen molar-refractivity contribution < 1.29 is 0 Å². The molecular formula is C16H21N3. The van der Waals surface area contributed by atoms with Gasteiger partial charge in [0.1, 0.15) is 0 Å². The van der Waals surface area contributed by atoms with Crippen molar-refractivity contribution in [1.82, 2.24) is 10.2 Å². The molecule has 1 aromatic carbocycles. The van der Waals surface area contributed by atoms with Gasteiger partial charge >= 0.3 is 0 Å². The minimum atomic E-state index is 0.649. The summed E-state index contributed by atoms with van der Waals surface area (Å²) in [6, 6.07) is 11.5. The Morgan fingerprint density at radius 1 is 1.16 bits per heavy atom. The first-order valence-electron chi connectivity index (χ1n) is 7.33. The lowest BCUT2D eigenvalue weighted by Crippen LogP contribution is -2.44. The van der Waals surface area contributed by atoms with Gasteiger partial charge in [-0.25, -0.2) is 0 Å². The van der Waals surface area contributed by atoms with Crippen LogP contribution in [0.4, 0.5) is 0 Å². The maximum absolute atomic E-state index is 8.79. The molecule has 2 atom stereocenters. The van der Waals surface area contributed by atoms with E-state index in [1.54, 1.807) is 0 Å². The molecule has 0 aromatic heterocycles. The first-order chi connectivity index (χ1) is 9.36. The molecule has 0 aliphatic carbocycles. The molecule has 2 fully saturated rings. The van der Waals surface area contributed by atoms with Crippen molar-refractivity contribution in [3.63, 3.8) is 0 Å². The fourth-order valence-corrected chi connectivity index (χ4v) is 3.43. The van der Waals surface area contributed by atoms with Crippen LogP contribution in [0.2, 0.25) is 0 Å². The second kappa shape index (κ2) is 5.73. The Labute approximate surface area is 115 Å². The lowest BCUT2D eigenvalue weighted by atomic mass is 9.99. The van der Waals surface area contributed by atoms with Crippen molar-refractivity contribution >= 4 is 0 Å². The lowest BCUT2D eigenvalue weighted by Gasteiger charge is -2.32. The van der Waals surface area contributed by atoms with Gasteiger partial charge < -0.3 is 5.32 Å². The number of rotatable bonds is 3. The molecule has 3 heteroatoms. The average Bonchev–Trinajstić information content (AvgIpc) is 2.89. The Morgan fingerprint density at radius 3 is 2.79 bits per heavy atom. The van der Waals surface area contributed by atoms with Gasteiger partial charge in [0.2, 0.25) is 0 Å². The zero-order valence-corrected chi connectivity index (χ0v) is 11.3. The Balaban J connectivity index is 1.55. The van der Waals surface area contributed by atoms with Crippen molar-refractivity contribution in [3.8, 4) is 6.07 Å². The smallest absolute Gasteiger partial charge is 0.0991 e. The SMILES string of the molecule is N#Cc1ccc(CN[C@H]2CCN3CCCC[C@@H]23)cc1. The Bertz CT molecular complexity index is 460. The minimum Gasteiger partial charge on any atom is -0.308 e. The molecule has 2 aliphatic heterocycles. The quantitative estimate of drug-likeness (QED) is 0.900. The van der Waals surface area contributed by atoms with Gasteiger partial charge in [0.15, 0.2) is 0 Å². The van der Waals surface area contributed by atoms with Gasteiger partial charge in [0.05, 0.1) is 11.6 Å². The van der Waals surface area contributed by atoms with Crippen LogP contribution < -0.4 is 5.32 Å². The molecule has 1 N–H and O–H groups in total. The number of fused-ring (bicyclic) bond motifs is 1. The topological polar surface area (TPSA) is 39.1 Å². The molecule has 19 heavy (non-hydrogen) atoms. The van der Waals surface area contributed by atoms with E-state index in [1.165, 1.54) is 44.3 Å². The van der Waals surface area contributed by atoms with Crippen molar-refractivity contribution in [2.75, 3.05) is 13.1 Å². The maximum atomic E-state index is 8.79. The maximum Gasteiger partial charge on any atom is 0.0991 e. The van der Waals surface area contributed by atoms with Gasteiger partial charge in [-0.15, -0.1) is 0 Å². The first kappa shape index (κ1) is 12.7. The summed E-state index contributed by atoms with van der Waals surface area (Å²) in [5, 5.41) is 12.5. The molecule has 0 amide bonds. The number of hydrogen-bond donors (Lipinski definition) is 1. The van der Waals surface area contributed by atoms with Gasteiger partial charge in [-0.2, -0.15) is 5.26 Å². The summed E-state index contributed by atoms with van der Waals surface area (Å²) < 4.78 is 0. The minimum absolute atomic E-state index is 0.649. The highest BCUT2D eigenvalue weighted by Gasteiger charge is 2.34. The van der Waals surface area contributed by atoms with E-state index in [4.69, 9.17) is 5.26 Å². The molecule has 0 radical (unpaired) electrons. The fourth-order valence-electron chi connectivity index (χ4n) is 3.43. The second-order valence-corrected chi connectivity index (χ2v) is 5.68. The van der Waals surface area contributed by atoms with Gasteiger partial charge in [-0.1, -0.05) is 18.6 Å². The average molecular weight is 255 g/mol. The molecule has 2 aliphatic rings. The van der Waals surface area contributed by atoms with Crippen LogP contribution in [0, 0.1) is 11.3 Å². The van der Waals surface area contributed by atoms with E-state index in [1.807, 2.05) is 12.1 Å². The number of nitrogens with zero attached hydrogens (tertiary/aromatic N) is 2. The molecule has 1 aromatic rings. The normalized spacial score (nSPS) is 26.9. The molecule has 2 saturated heterocycles. The van der Waals surface area contributed by atoms with Crippen LogP contribution in [0.15, 0.2) is 24.3 Å². The summed E-state index contributed by atoms with van der Waals surface area (Å²) in [5.41, 5.74) is 2.01. The van der Waals surface area contributed by atoms with Crippen molar-refractivity contribution in [2.45, 2.75) is 44.3 Å². The molecule has 0 bridgehead atoms. The number of benzene rings is 1. The van der Waals surface area contributed by atoms with E-state index in [9.17, 15) is 0 Å². The Morgan fingerprint density at radius 2 is 2.00 bits per heavy atom. The fraction of sp³-hybridized carbons (Fsp3) is 0.562. The summed E-state index contributed by atoms with van der Waals surface area (Å²) in [7, 11) is 0. The molecule has 100 valence electrons. The lowest BCUT2D eigenvalue weighted by molar-refractivity contribution is 0.180. The largest absolute Gasteiger partial charge is 0.308 e.